The molecule has 1 aliphatic heterocycles. The number of fused-ring (bicyclic) bond motifs is 1. The third-order valence-corrected chi connectivity index (χ3v) is 4.12. The van der Waals surface area contributed by atoms with Crippen molar-refractivity contribution in [3.05, 3.63) is 42.1 Å². The number of nitrogens with zero attached hydrogens (tertiary/aromatic N) is 2. The van der Waals surface area contributed by atoms with Crippen LogP contribution in [0.3, 0.4) is 0 Å². The van der Waals surface area contributed by atoms with Gasteiger partial charge in [-0.25, -0.2) is 0 Å². The molecule has 3 nitrogen and oxygen atoms in total. The summed E-state index contributed by atoms with van der Waals surface area (Å²) in [5, 5.41) is 4.80. The van der Waals surface area contributed by atoms with E-state index in [-0.39, 0.29) is 5.54 Å². The number of hydrogen-bond acceptors (Lipinski definition) is 3. The molecule has 1 fully saturated rings. The molecule has 2 heterocycles. The smallest absolute Gasteiger partial charge is 0.0705 e. The molecule has 0 spiro atoms. The minimum absolute atomic E-state index is 0.184. The minimum atomic E-state index is 0.184. The summed E-state index contributed by atoms with van der Waals surface area (Å²) in [7, 11) is 0. The molecule has 106 valence electrons. The van der Waals surface area contributed by atoms with E-state index in [4.69, 9.17) is 4.98 Å². The van der Waals surface area contributed by atoms with Crippen molar-refractivity contribution < 1.29 is 0 Å². The van der Waals surface area contributed by atoms with Gasteiger partial charge in [0.25, 0.3) is 0 Å². The zero-order chi connectivity index (χ0) is 14.2. The fraction of sp³-hybridized carbons (Fsp3) is 0.471. The lowest BCUT2D eigenvalue weighted by molar-refractivity contribution is 0.0966. The molecule has 1 atom stereocenters. The SMILES string of the molecule is CC1CNC(C)(C)CN1Cc1ccc2ccccc2n1. The van der Waals surface area contributed by atoms with Gasteiger partial charge in [-0.05, 0) is 32.9 Å². The van der Waals surface area contributed by atoms with Gasteiger partial charge in [0.15, 0.2) is 0 Å². The van der Waals surface area contributed by atoms with Gasteiger partial charge in [-0.15, -0.1) is 0 Å². The van der Waals surface area contributed by atoms with E-state index in [1.165, 1.54) is 5.39 Å². The van der Waals surface area contributed by atoms with Crippen molar-refractivity contribution in [1.82, 2.24) is 15.2 Å². The predicted molar refractivity (Wildman–Crippen MR) is 83.7 cm³/mol. The molecule has 1 aromatic carbocycles. The van der Waals surface area contributed by atoms with Gasteiger partial charge in [0.05, 0.1) is 11.2 Å². The van der Waals surface area contributed by atoms with Gasteiger partial charge in [-0.1, -0.05) is 24.3 Å². The third kappa shape index (κ3) is 2.84. The van der Waals surface area contributed by atoms with Crippen LogP contribution < -0.4 is 5.32 Å². The van der Waals surface area contributed by atoms with Crippen LogP contribution in [0.4, 0.5) is 0 Å². The maximum absolute atomic E-state index is 4.79. The third-order valence-electron chi connectivity index (χ3n) is 4.12. The Balaban J connectivity index is 1.81. The summed E-state index contributed by atoms with van der Waals surface area (Å²) in [6, 6.07) is 13.2. The van der Waals surface area contributed by atoms with Crippen molar-refractivity contribution in [1.29, 1.82) is 0 Å². The second-order valence-electron chi connectivity index (χ2n) is 6.51. The van der Waals surface area contributed by atoms with E-state index in [9.17, 15) is 0 Å². The van der Waals surface area contributed by atoms with Crippen LogP contribution in [0, 0.1) is 0 Å². The highest BCUT2D eigenvalue weighted by Gasteiger charge is 2.30. The Morgan fingerprint density at radius 1 is 1.25 bits per heavy atom. The summed E-state index contributed by atoms with van der Waals surface area (Å²) in [5.74, 6) is 0. The Kier molecular flexibility index (Phi) is 3.48. The van der Waals surface area contributed by atoms with E-state index < -0.39 is 0 Å². The zero-order valence-corrected chi connectivity index (χ0v) is 12.6. The van der Waals surface area contributed by atoms with Gasteiger partial charge in [0, 0.05) is 36.6 Å². The first-order chi connectivity index (χ1) is 9.53. The van der Waals surface area contributed by atoms with Crippen LogP contribution in [-0.2, 0) is 6.54 Å². The lowest BCUT2D eigenvalue weighted by Crippen LogP contribution is -2.60. The van der Waals surface area contributed by atoms with E-state index in [0.29, 0.717) is 6.04 Å². The fourth-order valence-corrected chi connectivity index (χ4v) is 2.89. The van der Waals surface area contributed by atoms with E-state index in [2.05, 4.69) is 67.4 Å². The Bertz CT molecular complexity index is 606. The van der Waals surface area contributed by atoms with E-state index >= 15 is 0 Å². The highest BCUT2D eigenvalue weighted by Crippen LogP contribution is 2.18. The van der Waals surface area contributed by atoms with Crippen LogP contribution in [-0.4, -0.2) is 34.6 Å². The number of pyridine rings is 1. The molecule has 3 heteroatoms. The molecule has 0 radical (unpaired) electrons. The first kappa shape index (κ1) is 13.5. The molecule has 0 aliphatic carbocycles. The summed E-state index contributed by atoms with van der Waals surface area (Å²) in [5.41, 5.74) is 2.43. The van der Waals surface area contributed by atoms with Gasteiger partial charge in [0.1, 0.15) is 0 Å². The van der Waals surface area contributed by atoms with Crippen molar-refractivity contribution >= 4 is 10.9 Å². The maximum Gasteiger partial charge on any atom is 0.0705 e. The number of benzene rings is 1. The van der Waals surface area contributed by atoms with Crippen molar-refractivity contribution in [2.45, 2.75) is 38.9 Å². The lowest BCUT2D eigenvalue weighted by atomic mass is 9.99. The largest absolute Gasteiger partial charge is 0.309 e. The van der Waals surface area contributed by atoms with Gasteiger partial charge >= 0.3 is 0 Å². The van der Waals surface area contributed by atoms with Crippen LogP contribution in [0.1, 0.15) is 26.5 Å². The molecule has 0 saturated carbocycles. The molecule has 20 heavy (non-hydrogen) atoms. The predicted octanol–water partition coefficient (Wildman–Crippen LogP) is 2.81. The molecule has 3 rings (SSSR count). The molecule has 0 amide bonds. The van der Waals surface area contributed by atoms with E-state index in [1.54, 1.807) is 0 Å². The molecule has 1 saturated heterocycles. The Morgan fingerprint density at radius 3 is 2.90 bits per heavy atom. The average Bonchev–Trinajstić information content (AvgIpc) is 2.43. The number of para-hydroxylation sites is 1. The number of hydrogen-bond donors (Lipinski definition) is 1. The first-order valence-corrected chi connectivity index (χ1v) is 7.37. The molecule has 2 aromatic rings. The summed E-state index contributed by atoms with van der Waals surface area (Å²) in [4.78, 5) is 7.31. The number of piperazine rings is 1. The van der Waals surface area contributed by atoms with Crippen molar-refractivity contribution in [3.8, 4) is 0 Å². The van der Waals surface area contributed by atoms with Gasteiger partial charge in [-0.2, -0.15) is 0 Å². The number of nitrogens with one attached hydrogen (secondary N) is 1. The highest BCUT2D eigenvalue weighted by molar-refractivity contribution is 5.78. The quantitative estimate of drug-likeness (QED) is 0.908. The van der Waals surface area contributed by atoms with Gasteiger partial charge in [0.2, 0.25) is 0 Å². The average molecular weight is 269 g/mol. The summed E-state index contributed by atoms with van der Waals surface area (Å²) in [6.07, 6.45) is 0. The van der Waals surface area contributed by atoms with E-state index in [0.717, 1.165) is 30.8 Å². The lowest BCUT2D eigenvalue weighted by Gasteiger charge is -2.43. The molecule has 1 aliphatic rings. The summed E-state index contributed by atoms with van der Waals surface area (Å²) in [6.45, 7) is 9.84. The topological polar surface area (TPSA) is 28.2 Å². The summed E-state index contributed by atoms with van der Waals surface area (Å²) < 4.78 is 0. The molecular formula is C17H23N3. The Hall–Kier alpha value is -1.45. The molecule has 0 bridgehead atoms. The van der Waals surface area contributed by atoms with Crippen molar-refractivity contribution in [2.24, 2.45) is 0 Å². The number of aromatic nitrogens is 1. The standard InChI is InChI=1S/C17H23N3/c1-13-10-18-17(2,3)12-20(13)11-15-9-8-14-6-4-5-7-16(14)19-15/h4-9,13,18H,10-12H2,1-3H3. The minimum Gasteiger partial charge on any atom is -0.309 e. The van der Waals surface area contributed by atoms with Crippen LogP contribution in [0.15, 0.2) is 36.4 Å². The normalized spacial score (nSPS) is 23.1. The molecular weight excluding hydrogens is 246 g/mol. The first-order valence-electron chi connectivity index (χ1n) is 7.37. The highest BCUT2D eigenvalue weighted by atomic mass is 15.2. The molecule has 1 N–H and O–H groups in total. The monoisotopic (exact) mass is 269 g/mol. The van der Waals surface area contributed by atoms with Crippen LogP contribution >= 0.6 is 0 Å². The van der Waals surface area contributed by atoms with Crippen molar-refractivity contribution in [2.75, 3.05) is 13.1 Å². The number of rotatable bonds is 2. The van der Waals surface area contributed by atoms with Crippen LogP contribution in [0.5, 0.6) is 0 Å². The fourth-order valence-electron chi connectivity index (χ4n) is 2.89. The van der Waals surface area contributed by atoms with Crippen LogP contribution in [0.2, 0.25) is 0 Å². The van der Waals surface area contributed by atoms with Gasteiger partial charge < -0.3 is 5.32 Å². The Labute approximate surface area is 121 Å². The van der Waals surface area contributed by atoms with Crippen LogP contribution in [0.25, 0.3) is 10.9 Å². The Morgan fingerprint density at radius 2 is 2.05 bits per heavy atom. The zero-order valence-electron chi connectivity index (χ0n) is 12.6. The summed E-state index contributed by atoms with van der Waals surface area (Å²) >= 11 is 0. The molecule has 1 aromatic heterocycles. The van der Waals surface area contributed by atoms with Gasteiger partial charge in [-0.3, -0.25) is 9.88 Å². The second-order valence-corrected chi connectivity index (χ2v) is 6.51. The van der Waals surface area contributed by atoms with E-state index in [1.807, 2.05) is 0 Å². The molecule has 1 unspecified atom stereocenters. The second kappa shape index (κ2) is 5.15. The van der Waals surface area contributed by atoms with Crippen molar-refractivity contribution in [3.63, 3.8) is 0 Å². The maximum atomic E-state index is 4.79.